The van der Waals surface area contributed by atoms with Crippen LogP contribution < -0.4 is 5.32 Å². The summed E-state index contributed by atoms with van der Waals surface area (Å²) in [7, 11) is 0. The number of amides is 1. The highest BCUT2D eigenvalue weighted by Crippen LogP contribution is 2.31. The summed E-state index contributed by atoms with van der Waals surface area (Å²) < 4.78 is 15.9. The van der Waals surface area contributed by atoms with Crippen molar-refractivity contribution in [3.05, 3.63) is 45.2 Å². The number of aromatic nitrogens is 2. The number of imidazole rings is 1. The van der Waals surface area contributed by atoms with Gasteiger partial charge < -0.3 is 10.4 Å². The summed E-state index contributed by atoms with van der Waals surface area (Å²) in [4.78, 5) is 17.0. The largest absolute Gasteiger partial charge is 0.388 e. The van der Waals surface area contributed by atoms with Crippen molar-refractivity contribution in [3.63, 3.8) is 0 Å². The second-order valence-corrected chi connectivity index (χ2v) is 8.76. The molecule has 1 aromatic heterocycles. The topological polar surface area (TPSA) is 67.2 Å². The van der Waals surface area contributed by atoms with Gasteiger partial charge in [0.05, 0.1) is 15.8 Å². The van der Waals surface area contributed by atoms with Crippen LogP contribution in [0.15, 0.2) is 22.7 Å². The van der Waals surface area contributed by atoms with Crippen molar-refractivity contribution in [2.24, 2.45) is 5.92 Å². The molecule has 1 aliphatic rings. The Morgan fingerprint density at radius 2 is 2.14 bits per heavy atom. The molecular formula is C20H24BrClFN3O2. The highest BCUT2D eigenvalue weighted by molar-refractivity contribution is 9.10. The SMILES string of the molecule is CCc1nc(C(=O)NCC2(O)CCC(C)CC2)c(Cl)n1-c1ccc(Br)c(F)c1. The number of benzene rings is 1. The van der Waals surface area contributed by atoms with Crippen LogP contribution >= 0.6 is 27.5 Å². The van der Waals surface area contributed by atoms with E-state index in [4.69, 9.17) is 11.6 Å². The van der Waals surface area contributed by atoms with Crippen LogP contribution in [0.4, 0.5) is 4.39 Å². The lowest BCUT2D eigenvalue weighted by atomic mass is 9.79. The molecule has 0 bridgehead atoms. The molecule has 152 valence electrons. The van der Waals surface area contributed by atoms with Gasteiger partial charge in [-0.1, -0.05) is 25.4 Å². The molecule has 2 N–H and O–H groups in total. The summed E-state index contributed by atoms with van der Waals surface area (Å²) in [5.41, 5.74) is -0.316. The van der Waals surface area contributed by atoms with Crippen LogP contribution in [0.5, 0.6) is 0 Å². The van der Waals surface area contributed by atoms with Crippen molar-refractivity contribution in [2.45, 2.75) is 51.6 Å². The van der Waals surface area contributed by atoms with Gasteiger partial charge in [0.25, 0.3) is 5.91 Å². The lowest BCUT2D eigenvalue weighted by molar-refractivity contribution is -0.00543. The monoisotopic (exact) mass is 471 g/mol. The minimum Gasteiger partial charge on any atom is -0.388 e. The van der Waals surface area contributed by atoms with Crippen LogP contribution in [0, 0.1) is 11.7 Å². The average molecular weight is 473 g/mol. The van der Waals surface area contributed by atoms with Crippen molar-refractivity contribution in [2.75, 3.05) is 6.54 Å². The second kappa shape index (κ2) is 8.51. The number of aliphatic hydroxyl groups is 1. The Morgan fingerprint density at radius 1 is 1.46 bits per heavy atom. The molecule has 8 heteroatoms. The summed E-state index contributed by atoms with van der Waals surface area (Å²) in [6.45, 7) is 4.22. The number of carbonyl (C=O) groups excluding carboxylic acids is 1. The molecule has 1 aliphatic carbocycles. The number of nitrogens with zero attached hydrogens (tertiary/aromatic N) is 2. The van der Waals surface area contributed by atoms with Gasteiger partial charge in [0.2, 0.25) is 0 Å². The maximum atomic E-state index is 14.0. The maximum Gasteiger partial charge on any atom is 0.273 e. The van der Waals surface area contributed by atoms with Crippen LogP contribution in [0.3, 0.4) is 0 Å². The van der Waals surface area contributed by atoms with Gasteiger partial charge in [0.1, 0.15) is 16.8 Å². The Morgan fingerprint density at radius 3 is 2.75 bits per heavy atom. The number of hydrogen-bond donors (Lipinski definition) is 2. The zero-order valence-corrected chi connectivity index (χ0v) is 18.3. The van der Waals surface area contributed by atoms with Crippen molar-refractivity contribution in [3.8, 4) is 5.69 Å². The number of aryl methyl sites for hydroxylation is 1. The predicted molar refractivity (Wildman–Crippen MR) is 111 cm³/mol. The third-order valence-electron chi connectivity index (χ3n) is 5.37. The van der Waals surface area contributed by atoms with E-state index in [1.165, 1.54) is 6.07 Å². The maximum absolute atomic E-state index is 14.0. The summed E-state index contributed by atoms with van der Waals surface area (Å²) in [5, 5.41) is 13.6. The standard InChI is InChI=1S/C20H24BrClFN3O2/c1-3-16-25-17(18(22)26(16)13-4-5-14(21)15(23)10-13)19(27)24-11-20(28)8-6-12(2)7-9-20/h4-5,10,12,28H,3,6-9,11H2,1-2H3,(H,24,27). The second-order valence-electron chi connectivity index (χ2n) is 7.54. The van der Waals surface area contributed by atoms with Gasteiger partial charge in [-0.15, -0.1) is 0 Å². The molecule has 3 rings (SSSR count). The highest BCUT2D eigenvalue weighted by atomic mass is 79.9. The molecule has 0 saturated heterocycles. The van der Waals surface area contributed by atoms with Crippen LogP contribution in [0.2, 0.25) is 5.15 Å². The minimum atomic E-state index is -0.889. The number of nitrogens with one attached hydrogen (secondary N) is 1. The quantitative estimate of drug-likeness (QED) is 0.665. The normalized spacial score (nSPS) is 22.3. The molecule has 0 aliphatic heterocycles. The Labute approximate surface area is 177 Å². The summed E-state index contributed by atoms with van der Waals surface area (Å²) >= 11 is 9.58. The van der Waals surface area contributed by atoms with Gasteiger partial charge in [0, 0.05) is 13.0 Å². The van der Waals surface area contributed by atoms with Gasteiger partial charge in [-0.25, -0.2) is 9.37 Å². The molecule has 5 nitrogen and oxygen atoms in total. The summed E-state index contributed by atoms with van der Waals surface area (Å²) in [6, 6.07) is 4.62. The third-order valence-corrected chi connectivity index (χ3v) is 6.36. The van der Waals surface area contributed by atoms with E-state index in [2.05, 4.69) is 33.2 Å². The number of halogens is 3. The minimum absolute atomic E-state index is 0.0784. The lowest BCUT2D eigenvalue weighted by Gasteiger charge is -2.34. The third kappa shape index (κ3) is 4.42. The molecule has 1 amide bonds. The Hall–Kier alpha value is -1.44. The predicted octanol–water partition coefficient (Wildman–Crippen LogP) is 4.66. The van der Waals surface area contributed by atoms with Gasteiger partial charge in [-0.2, -0.15) is 0 Å². The molecular weight excluding hydrogens is 449 g/mol. The van der Waals surface area contributed by atoms with E-state index in [0.717, 1.165) is 12.8 Å². The van der Waals surface area contributed by atoms with E-state index in [1.807, 2.05) is 6.92 Å². The smallest absolute Gasteiger partial charge is 0.273 e. The first kappa shape index (κ1) is 21.3. The molecule has 1 heterocycles. The summed E-state index contributed by atoms with van der Waals surface area (Å²) in [6.07, 6.45) is 3.73. The molecule has 0 radical (unpaired) electrons. The van der Waals surface area contributed by atoms with Crippen molar-refractivity contribution >= 4 is 33.4 Å². The van der Waals surface area contributed by atoms with E-state index in [0.29, 0.717) is 41.2 Å². The van der Waals surface area contributed by atoms with Crippen LogP contribution in [0.25, 0.3) is 5.69 Å². The Kier molecular flexibility index (Phi) is 6.47. The molecule has 1 fully saturated rings. The highest BCUT2D eigenvalue weighted by Gasteiger charge is 2.33. The van der Waals surface area contributed by atoms with Crippen LogP contribution in [0.1, 0.15) is 55.8 Å². The fraction of sp³-hybridized carbons (Fsp3) is 0.500. The van der Waals surface area contributed by atoms with E-state index >= 15 is 0 Å². The van der Waals surface area contributed by atoms with Gasteiger partial charge >= 0.3 is 0 Å². The zero-order valence-electron chi connectivity index (χ0n) is 15.9. The zero-order chi connectivity index (χ0) is 20.5. The van der Waals surface area contributed by atoms with Crippen LogP contribution in [-0.2, 0) is 6.42 Å². The van der Waals surface area contributed by atoms with Crippen molar-refractivity contribution in [1.29, 1.82) is 0 Å². The van der Waals surface area contributed by atoms with Gasteiger partial charge in [-0.05, 0) is 65.7 Å². The Bertz CT molecular complexity index is 879. The first-order valence-electron chi connectivity index (χ1n) is 9.47. The van der Waals surface area contributed by atoms with E-state index in [-0.39, 0.29) is 17.4 Å². The van der Waals surface area contributed by atoms with Gasteiger partial charge in [0.15, 0.2) is 5.69 Å². The van der Waals surface area contributed by atoms with Crippen LogP contribution in [-0.4, -0.2) is 32.7 Å². The first-order valence-corrected chi connectivity index (χ1v) is 10.6. The van der Waals surface area contributed by atoms with E-state index < -0.39 is 17.3 Å². The molecule has 1 aromatic carbocycles. The number of hydrogen-bond acceptors (Lipinski definition) is 3. The van der Waals surface area contributed by atoms with Crippen molar-refractivity contribution in [1.82, 2.24) is 14.9 Å². The lowest BCUT2D eigenvalue weighted by Crippen LogP contribution is -2.45. The molecule has 28 heavy (non-hydrogen) atoms. The molecule has 1 saturated carbocycles. The molecule has 0 unspecified atom stereocenters. The van der Waals surface area contributed by atoms with Gasteiger partial charge in [-0.3, -0.25) is 9.36 Å². The van der Waals surface area contributed by atoms with Crippen molar-refractivity contribution < 1.29 is 14.3 Å². The summed E-state index contributed by atoms with van der Waals surface area (Å²) in [5.74, 6) is 0.286. The van der Waals surface area contributed by atoms with E-state index in [1.54, 1.807) is 16.7 Å². The fourth-order valence-corrected chi connectivity index (χ4v) is 4.09. The average Bonchev–Trinajstić information content (AvgIpc) is 3.01. The fourth-order valence-electron chi connectivity index (χ4n) is 3.52. The number of carbonyl (C=O) groups is 1. The molecule has 0 spiro atoms. The molecule has 2 aromatic rings. The number of rotatable bonds is 5. The first-order chi connectivity index (χ1) is 13.2. The Balaban J connectivity index is 1.81. The van der Waals surface area contributed by atoms with E-state index in [9.17, 15) is 14.3 Å². The molecule has 0 atom stereocenters.